The van der Waals surface area contributed by atoms with E-state index >= 15 is 0 Å². The van der Waals surface area contributed by atoms with Gasteiger partial charge < -0.3 is 5.11 Å². The largest absolute Gasteiger partial charge is 0.393 e. The number of fused-ring (bicyclic) bond motifs is 2. The summed E-state index contributed by atoms with van der Waals surface area (Å²) in [7, 11) is 0. The molecule has 2 nitrogen and oxygen atoms in total. The molecule has 1 N–H and O–H groups in total. The third-order valence-corrected chi connectivity index (χ3v) is 2.94. The van der Waals surface area contributed by atoms with E-state index in [-0.39, 0.29) is 12.0 Å². The molecule has 2 fully saturated rings. The molecule has 0 aliphatic heterocycles. The molecule has 0 heterocycles. The van der Waals surface area contributed by atoms with E-state index in [9.17, 15) is 5.11 Å². The van der Waals surface area contributed by atoms with Crippen molar-refractivity contribution in [2.75, 3.05) is 0 Å². The Morgan fingerprint density at radius 3 is 2.50 bits per heavy atom. The number of hydrogen-bond donors (Lipinski definition) is 1. The third kappa shape index (κ3) is 0.674. The predicted octanol–water partition coefficient (Wildman–Crippen LogP) is 0.917. The summed E-state index contributed by atoms with van der Waals surface area (Å²) < 4.78 is 0. The van der Waals surface area contributed by atoms with Crippen molar-refractivity contribution in [3.05, 3.63) is 0 Å². The molecule has 54 valence electrons. The van der Waals surface area contributed by atoms with Gasteiger partial charge in [0.05, 0.1) is 18.1 Å². The summed E-state index contributed by atoms with van der Waals surface area (Å²) in [6.45, 7) is 0. The molecule has 10 heavy (non-hydrogen) atoms. The van der Waals surface area contributed by atoms with Crippen LogP contribution in [0, 0.1) is 29.1 Å². The zero-order valence-electron chi connectivity index (χ0n) is 5.83. The van der Waals surface area contributed by atoms with Gasteiger partial charge in [0, 0.05) is 5.92 Å². The van der Waals surface area contributed by atoms with Gasteiger partial charge in [0.15, 0.2) is 0 Å². The average Bonchev–Trinajstić information content (AvgIpc) is 2.44. The van der Waals surface area contributed by atoms with E-state index in [2.05, 4.69) is 6.07 Å². The minimum Gasteiger partial charge on any atom is -0.393 e. The van der Waals surface area contributed by atoms with Gasteiger partial charge in [-0.05, 0) is 25.2 Å². The van der Waals surface area contributed by atoms with Crippen LogP contribution in [-0.4, -0.2) is 11.2 Å². The number of nitriles is 1. The van der Waals surface area contributed by atoms with E-state index in [4.69, 9.17) is 5.26 Å². The third-order valence-electron chi connectivity index (χ3n) is 2.94. The van der Waals surface area contributed by atoms with Gasteiger partial charge in [0.1, 0.15) is 0 Å². The maximum absolute atomic E-state index is 9.37. The molecule has 0 amide bonds. The van der Waals surface area contributed by atoms with Gasteiger partial charge in [-0.1, -0.05) is 0 Å². The maximum atomic E-state index is 9.37. The summed E-state index contributed by atoms with van der Waals surface area (Å²) >= 11 is 0. The Kier molecular flexibility index (Phi) is 1.21. The van der Waals surface area contributed by atoms with Crippen molar-refractivity contribution in [2.45, 2.75) is 25.4 Å². The lowest BCUT2D eigenvalue weighted by molar-refractivity contribution is 0.0960. The molecule has 0 aromatic heterocycles. The summed E-state index contributed by atoms with van der Waals surface area (Å²) in [5.74, 6) is 1.13. The normalized spacial score (nSPS) is 51.2. The molecule has 2 heteroatoms. The molecular weight excluding hydrogens is 126 g/mol. The van der Waals surface area contributed by atoms with Gasteiger partial charge in [-0.15, -0.1) is 0 Å². The van der Waals surface area contributed by atoms with Crippen LogP contribution in [0.1, 0.15) is 19.3 Å². The molecule has 4 atom stereocenters. The molecule has 2 aliphatic carbocycles. The van der Waals surface area contributed by atoms with Crippen molar-refractivity contribution in [1.82, 2.24) is 0 Å². The Morgan fingerprint density at radius 1 is 1.30 bits per heavy atom. The first-order chi connectivity index (χ1) is 4.81. The van der Waals surface area contributed by atoms with Crippen LogP contribution in [0.4, 0.5) is 0 Å². The van der Waals surface area contributed by atoms with Crippen LogP contribution in [0.2, 0.25) is 0 Å². The topological polar surface area (TPSA) is 44.0 Å². The van der Waals surface area contributed by atoms with Crippen LogP contribution in [0.25, 0.3) is 0 Å². The number of nitrogens with zero attached hydrogens (tertiary/aromatic N) is 1. The fourth-order valence-electron chi connectivity index (χ4n) is 2.46. The molecule has 0 radical (unpaired) electrons. The van der Waals surface area contributed by atoms with E-state index in [1.807, 2.05) is 0 Å². The number of rotatable bonds is 0. The van der Waals surface area contributed by atoms with Gasteiger partial charge in [-0.3, -0.25) is 0 Å². The van der Waals surface area contributed by atoms with Crippen LogP contribution >= 0.6 is 0 Å². The zero-order valence-corrected chi connectivity index (χ0v) is 5.83. The molecular formula is C8H11NO. The first kappa shape index (κ1) is 6.18. The van der Waals surface area contributed by atoms with Crippen molar-refractivity contribution >= 4 is 0 Å². The summed E-state index contributed by atoms with van der Waals surface area (Å²) in [5.41, 5.74) is 0. The Morgan fingerprint density at radius 2 is 2.10 bits per heavy atom. The molecule has 0 saturated heterocycles. The van der Waals surface area contributed by atoms with Crippen molar-refractivity contribution in [2.24, 2.45) is 17.8 Å². The van der Waals surface area contributed by atoms with Gasteiger partial charge in [0.2, 0.25) is 0 Å². The Balaban J connectivity index is 2.14. The molecule has 2 saturated carbocycles. The lowest BCUT2D eigenvalue weighted by Gasteiger charge is -2.19. The van der Waals surface area contributed by atoms with Crippen molar-refractivity contribution in [1.29, 1.82) is 5.26 Å². The summed E-state index contributed by atoms with van der Waals surface area (Å²) in [5, 5.41) is 18.0. The highest BCUT2D eigenvalue weighted by atomic mass is 16.3. The number of aliphatic hydroxyl groups is 1. The second kappa shape index (κ2) is 1.96. The molecule has 0 aromatic carbocycles. The van der Waals surface area contributed by atoms with Gasteiger partial charge in [-0.25, -0.2) is 0 Å². The smallest absolute Gasteiger partial charge is 0.0659 e. The molecule has 2 aliphatic rings. The zero-order chi connectivity index (χ0) is 7.14. The fraction of sp³-hybridized carbons (Fsp3) is 0.875. The van der Waals surface area contributed by atoms with Crippen LogP contribution in [0.5, 0.6) is 0 Å². The van der Waals surface area contributed by atoms with Crippen molar-refractivity contribution < 1.29 is 5.11 Å². The Bertz CT molecular complexity index is 184. The highest BCUT2D eigenvalue weighted by Crippen LogP contribution is 2.47. The van der Waals surface area contributed by atoms with E-state index in [1.54, 1.807) is 0 Å². The quantitative estimate of drug-likeness (QED) is 0.539. The van der Waals surface area contributed by atoms with Crippen LogP contribution in [0.3, 0.4) is 0 Å². The molecule has 0 spiro atoms. The minimum atomic E-state index is -0.164. The van der Waals surface area contributed by atoms with E-state index in [1.165, 1.54) is 0 Å². The first-order valence-corrected chi connectivity index (χ1v) is 3.89. The van der Waals surface area contributed by atoms with Crippen molar-refractivity contribution in [3.63, 3.8) is 0 Å². The molecule has 0 aromatic rings. The predicted molar refractivity (Wildman–Crippen MR) is 35.9 cm³/mol. The summed E-state index contributed by atoms with van der Waals surface area (Å²) in [6.07, 6.45) is 2.92. The first-order valence-electron chi connectivity index (χ1n) is 3.89. The molecule has 2 rings (SSSR count). The average molecular weight is 137 g/mol. The lowest BCUT2D eigenvalue weighted by atomic mass is 9.88. The highest BCUT2D eigenvalue weighted by Gasteiger charge is 2.45. The Labute approximate surface area is 60.5 Å². The van der Waals surface area contributed by atoms with Crippen LogP contribution in [-0.2, 0) is 0 Å². The minimum absolute atomic E-state index is 0.161. The van der Waals surface area contributed by atoms with E-state index in [0.29, 0.717) is 11.8 Å². The summed E-state index contributed by atoms with van der Waals surface area (Å²) in [6, 6.07) is 2.27. The second-order valence-electron chi connectivity index (χ2n) is 3.54. The van der Waals surface area contributed by atoms with E-state index < -0.39 is 0 Å². The molecule has 2 bridgehead atoms. The van der Waals surface area contributed by atoms with Gasteiger partial charge >= 0.3 is 0 Å². The standard InChI is InChI=1S/C8H11NO/c9-4-6-1-5-2-7(6)8(10)3-5/h5-8,10H,1-3H2/t5-,6-,7+,8+/m1/s1. The van der Waals surface area contributed by atoms with Crippen molar-refractivity contribution in [3.8, 4) is 6.07 Å². The Hall–Kier alpha value is -0.550. The number of aliphatic hydroxyl groups excluding tert-OH is 1. The van der Waals surface area contributed by atoms with Crippen LogP contribution in [0.15, 0.2) is 0 Å². The second-order valence-corrected chi connectivity index (χ2v) is 3.54. The van der Waals surface area contributed by atoms with Gasteiger partial charge in [0.25, 0.3) is 0 Å². The van der Waals surface area contributed by atoms with Crippen LogP contribution < -0.4 is 0 Å². The lowest BCUT2D eigenvalue weighted by Crippen LogP contribution is -2.22. The molecule has 0 unspecified atom stereocenters. The maximum Gasteiger partial charge on any atom is 0.0659 e. The number of hydrogen-bond acceptors (Lipinski definition) is 2. The van der Waals surface area contributed by atoms with E-state index in [0.717, 1.165) is 19.3 Å². The SMILES string of the molecule is N#C[C@H]1C[C@@H]2C[C@@H]1[C@@H](O)C2. The highest BCUT2D eigenvalue weighted by molar-refractivity contribution is 5.03. The summed E-state index contributed by atoms with van der Waals surface area (Å²) in [4.78, 5) is 0. The fourth-order valence-corrected chi connectivity index (χ4v) is 2.46. The monoisotopic (exact) mass is 137 g/mol. The van der Waals surface area contributed by atoms with Gasteiger partial charge in [-0.2, -0.15) is 5.26 Å².